The van der Waals surface area contributed by atoms with Crippen molar-refractivity contribution in [1.82, 2.24) is 4.31 Å². The Kier molecular flexibility index (Phi) is 11.3. The maximum Gasteiger partial charge on any atom is 0.488 e. The summed E-state index contributed by atoms with van der Waals surface area (Å²) in [6, 6.07) is 42.9. The predicted molar refractivity (Wildman–Crippen MR) is 184 cm³/mol. The number of hydrogen-bond donors (Lipinski definition) is 2. The molecule has 0 aliphatic heterocycles. The van der Waals surface area contributed by atoms with Crippen molar-refractivity contribution in [2.24, 2.45) is 0 Å². The van der Waals surface area contributed by atoms with Crippen LogP contribution < -0.4 is 14.4 Å². The second-order valence-electron chi connectivity index (χ2n) is 10.3. The Hall–Kier alpha value is -4.67. The molecule has 0 fully saturated rings. The second kappa shape index (κ2) is 15.4. The first-order valence-electron chi connectivity index (χ1n) is 14.2. The van der Waals surface area contributed by atoms with Gasteiger partial charge in [-0.05, 0) is 57.9 Å². The van der Waals surface area contributed by atoms with Gasteiger partial charge in [-0.15, -0.1) is 0 Å². The Balaban J connectivity index is 0.000000160. The summed E-state index contributed by atoms with van der Waals surface area (Å²) in [6.07, 6.45) is 0. The fourth-order valence-electron chi connectivity index (χ4n) is 4.44. The maximum atomic E-state index is 11.6. The Labute approximate surface area is 265 Å². The van der Waals surface area contributed by atoms with Crippen molar-refractivity contribution in [1.29, 1.82) is 0 Å². The number of benzene rings is 6. The van der Waals surface area contributed by atoms with E-state index in [-0.39, 0.29) is 0 Å². The SMILES string of the molecule is CN(C)S(=O)(=O)Oc1cccc2ccccc12.COc1ccc(-c2cccc3ccccc23)cc1.Cc1ccc(B(O)O)cc1. The second-order valence-corrected chi connectivity index (χ2v) is 12.1. The van der Waals surface area contributed by atoms with Gasteiger partial charge in [-0.2, -0.15) is 12.7 Å². The summed E-state index contributed by atoms with van der Waals surface area (Å²) in [6.45, 7) is 1.95. The highest BCUT2D eigenvalue weighted by atomic mass is 32.2. The lowest BCUT2D eigenvalue weighted by Gasteiger charge is -2.13. The standard InChI is InChI=1S/C17H14O.C12H13NO3S.C7H9BO2/c1-18-15-11-9-14(10-12-15)17-8-4-6-13-5-2-3-7-16(13)17;1-13(2)17(14,15)16-12-9-5-7-10-6-3-4-8-11(10)12;1-6-2-4-7(5-3-6)8(9)10/h2-12H,1H3;3-9H,1-2H3;2-5,9-10H,1H3. The van der Waals surface area contributed by atoms with E-state index in [1.807, 2.05) is 61.5 Å². The molecule has 6 aromatic carbocycles. The highest BCUT2D eigenvalue weighted by Gasteiger charge is 2.17. The molecule has 45 heavy (non-hydrogen) atoms. The number of aryl methyl sites for hydroxylation is 1. The van der Waals surface area contributed by atoms with Crippen molar-refractivity contribution in [2.75, 3.05) is 21.2 Å². The van der Waals surface area contributed by atoms with Gasteiger partial charge in [0, 0.05) is 19.5 Å². The van der Waals surface area contributed by atoms with Crippen LogP contribution in [0.5, 0.6) is 11.5 Å². The summed E-state index contributed by atoms with van der Waals surface area (Å²) in [5.41, 5.74) is 4.12. The largest absolute Gasteiger partial charge is 0.497 e. The molecule has 0 saturated carbocycles. The Morgan fingerprint density at radius 3 is 1.76 bits per heavy atom. The smallest absolute Gasteiger partial charge is 0.488 e. The molecule has 6 rings (SSSR count). The molecule has 0 bridgehead atoms. The predicted octanol–water partition coefficient (Wildman–Crippen LogP) is 6.22. The van der Waals surface area contributed by atoms with Crippen molar-refractivity contribution in [3.05, 3.63) is 139 Å². The molecular formula is C36H36BNO6S. The molecule has 0 radical (unpaired) electrons. The number of ether oxygens (including phenoxy) is 1. The van der Waals surface area contributed by atoms with Crippen LogP contribution >= 0.6 is 0 Å². The molecule has 0 aliphatic rings. The molecule has 0 heterocycles. The van der Waals surface area contributed by atoms with E-state index in [0.29, 0.717) is 11.2 Å². The van der Waals surface area contributed by atoms with Gasteiger partial charge in [0.1, 0.15) is 5.75 Å². The Bertz CT molecular complexity index is 1930. The molecule has 7 nitrogen and oxygen atoms in total. The van der Waals surface area contributed by atoms with Gasteiger partial charge in [-0.1, -0.05) is 121 Å². The zero-order valence-corrected chi connectivity index (χ0v) is 26.5. The van der Waals surface area contributed by atoms with Crippen LogP contribution in [0.3, 0.4) is 0 Å². The number of rotatable bonds is 6. The highest BCUT2D eigenvalue weighted by molar-refractivity contribution is 7.84. The summed E-state index contributed by atoms with van der Waals surface area (Å²) >= 11 is 0. The molecule has 230 valence electrons. The van der Waals surface area contributed by atoms with Crippen molar-refractivity contribution < 1.29 is 27.4 Å². The van der Waals surface area contributed by atoms with Crippen LogP contribution in [0, 0.1) is 6.92 Å². The number of nitrogens with zero attached hydrogens (tertiary/aromatic N) is 1. The van der Waals surface area contributed by atoms with E-state index >= 15 is 0 Å². The first kappa shape index (κ1) is 33.2. The number of hydrogen-bond acceptors (Lipinski definition) is 6. The Morgan fingerprint density at radius 2 is 1.18 bits per heavy atom. The van der Waals surface area contributed by atoms with Gasteiger partial charge >= 0.3 is 17.4 Å². The molecule has 6 aromatic rings. The van der Waals surface area contributed by atoms with Crippen molar-refractivity contribution >= 4 is 44.4 Å². The van der Waals surface area contributed by atoms with Crippen LogP contribution in [0.1, 0.15) is 5.56 Å². The Morgan fingerprint density at radius 1 is 0.644 bits per heavy atom. The van der Waals surface area contributed by atoms with Crippen LogP contribution in [-0.4, -0.2) is 51.1 Å². The monoisotopic (exact) mass is 621 g/mol. The van der Waals surface area contributed by atoms with Gasteiger partial charge in [0.2, 0.25) is 0 Å². The first-order valence-corrected chi connectivity index (χ1v) is 15.6. The van der Waals surface area contributed by atoms with Gasteiger partial charge < -0.3 is 19.0 Å². The van der Waals surface area contributed by atoms with Gasteiger partial charge in [0.15, 0.2) is 5.75 Å². The quantitative estimate of drug-likeness (QED) is 0.215. The van der Waals surface area contributed by atoms with E-state index in [4.69, 9.17) is 19.0 Å². The lowest BCUT2D eigenvalue weighted by molar-refractivity contribution is 0.415. The molecule has 0 spiro atoms. The maximum absolute atomic E-state index is 11.6. The fourth-order valence-corrected chi connectivity index (χ4v) is 4.96. The average molecular weight is 622 g/mol. The molecule has 0 aliphatic carbocycles. The van der Waals surface area contributed by atoms with E-state index in [1.165, 1.54) is 36.0 Å². The fraction of sp³-hybridized carbons (Fsp3) is 0.111. The molecule has 0 amide bonds. The number of methoxy groups -OCH3 is 1. The normalized spacial score (nSPS) is 10.8. The summed E-state index contributed by atoms with van der Waals surface area (Å²) in [4.78, 5) is 0. The molecule has 0 aromatic heterocycles. The van der Waals surface area contributed by atoms with Gasteiger partial charge in [0.25, 0.3) is 0 Å². The highest BCUT2D eigenvalue weighted by Crippen LogP contribution is 2.30. The molecule has 9 heteroatoms. The van der Waals surface area contributed by atoms with Crippen LogP contribution in [0.15, 0.2) is 133 Å². The molecule has 0 unspecified atom stereocenters. The zero-order valence-electron chi connectivity index (χ0n) is 25.7. The molecular weight excluding hydrogens is 585 g/mol. The minimum absolute atomic E-state index is 0.344. The van der Waals surface area contributed by atoms with E-state index in [9.17, 15) is 8.42 Å². The van der Waals surface area contributed by atoms with Crippen LogP contribution in [-0.2, 0) is 10.3 Å². The van der Waals surface area contributed by atoms with Crippen LogP contribution in [0.4, 0.5) is 0 Å². The van der Waals surface area contributed by atoms with Gasteiger partial charge in [0.05, 0.1) is 7.11 Å². The van der Waals surface area contributed by atoms with E-state index in [0.717, 1.165) is 26.4 Å². The topological polar surface area (TPSA) is 96.3 Å². The van der Waals surface area contributed by atoms with E-state index in [1.54, 1.807) is 31.4 Å². The third-order valence-electron chi connectivity index (χ3n) is 6.96. The zero-order chi connectivity index (χ0) is 32.4. The summed E-state index contributed by atoms with van der Waals surface area (Å²) in [5, 5.41) is 21.6. The number of fused-ring (bicyclic) bond motifs is 2. The minimum atomic E-state index is -3.71. The van der Waals surface area contributed by atoms with Crippen molar-refractivity contribution in [2.45, 2.75) is 6.92 Å². The van der Waals surface area contributed by atoms with Gasteiger partial charge in [-0.25, -0.2) is 0 Å². The summed E-state index contributed by atoms with van der Waals surface area (Å²) in [7, 11) is -0.507. The average Bonchev–Trinajstić information content (AvgIpc) is 3.05. The van der Waals surface area contributed by atoms with Crippen LogP contribution in [0.2, 0.25) is 0 Å². The first-order chi connectivity index (χ1) is 21.6. The van der Waals surface area contributed by atoms with E-state index < -0.39 is 17.4 Å². The summed E-state index contributed by atoms with van der Waals surface area (Å²) < 4.78 is 34.6. The third kappa shape index (κ3) is 8.94. The molecule has 2 N–H and O–H groups in total. The third-order valence-corrected chi connectivity index (χ3v) is 8.24. The molecule has 0 atom stereocenters. The van der Waals surface area contributed by atoms with E-state index in [2.05, 4.69) is 54.6 Å². The molecule has 0 saturated heterocycles. The van der Waals surface area contributed by atoms with Crippen molar-refractivity contribution in [3.8, 4) is 22.6 Å². The lowest BCUT2D eigenvalue weighted by atomic mass is 9.80. The summed E-state index contributed by atoms with van der Waals surface area (Å²) in [5.74, 6) is 1.23. The lowest BCUT2D eigenvalue weighted by Crippen LogP contribution is -2.29. The van der Waals surface area contributed by atoms with Crippen LogP contribution in [0.25, 0.3) is 32.7 Å². The van der Waals surface area contributed by atoms with Crippen molar-refractivity contribution in [3.63, 3.8) is 0 Å². The van der Waals surface area contributed by atoms with Gasteiger partial charge in [-0.3, -0.25) is 0 Å². The minimum Gasteiger partial charge on any atom is -0.497 e.